The predicted molar refractivity (Wildman–Crippen MR) is 76.0 cm³/mol. The summed E-state index contributed by atoms with van der Waals surface area (Å²) in [5, 5.41) is 14.9. The minimum absolute atomic E-state index is 0.456. The second-order valence-corrected chi connectivity index (χ2v) is 5.53. The zero-order valence-electron chi connectivity index (χ0n) is 12.4. The van der Waals surface area contributed by atoms with E-state index in [1.165, 1.54) is 0 Å². The van der Waals surface area contributed by atoms with Crippen LogP contribution < -0.4 is 0 Å². The van der Waals surface area contributed by atoms with E-state index < -0.39 is 0 Å². The molecule has 104 valence electrons. The Morgan fingerprint density at radius 2 is 1.72 bits per heavy atom. The summed E-state index contributed by atoms with van der Waals surface area (Å²) in [5.41, 5.74) is 1.93. The first-order valence-corrected chi connectivity index (χ1v) is 7.37. The second-order valence-electron chi connectivity index (χ2n) is 5.53. The molecule has 0 fully saturated rings. The molecule has 0 aromatic carbocycles. The van der Waals surface area contributed by atoms with Crippen molar-refractivity contribution in [2.75, 3.05) is 0 Å². The average Bonchev–Trinajstić information content (AvgIpc) is 2.60. The third-order valence-electron chi connectivity index (χ3n) is 3.17. The number of rotatable bonds is 8. The topological polar surface area (TPSA) is 38.0 Å². The number of hydrogen-bond acceptors (Lipinski definition) is 2. The van der Waals surface area contributed by atoms with Gasteiger partial charge in [-0.3, -0.25) is 4.68 Å². The molecule has 0 saturated heterocycles. The van der Waals surface area contributed by atoms with E-state index in [1.54, 1.807) is 0 Å². The highest BCUT2D eigenvalue weighted by atomic mass is 16.3. The van der Waals surface area contributed by atoms with Crippen molar-refractivity contribution in [3.63, 3.8) is 0 Å². The normalized spacial score (nSPS) is 11.4. The van der Waals surface area contributed by atoms with Crippen molar-refractivity contribution < 1.29 is 5.11 Å². The van der Waals surface area contributed by atoms with Crippen LogP contribution in [0.5, 0.6) is 5.75 Å². The average molecular weight is 252 g/mol. The van der Waals surface area contributed by atoms with E-state index in [9.17, 15) is 5.11 Å². The first kappa shape index (κ1) is 15.1. The number of nitrogens with zero attached hydrogens (tertiary/aromatic N) is 2. The van der Waals surface area contributed by atoms with E-state index in [4.69, 9.17) is 0 Å². The Morgan fingerprint density at radius 1 is 1.11 bits per heavy atom. The largest absolute Gasteiger partial charge is 0.504 e. The Kier molecular flexibility index (Phi) is 6.23. The molecule has 0 bridgehead atoms. The number of unbranched alkanes of at least 4 members (excludes halogenated alkanes) is 2. The lowest BCUT2D eigenvalue weighted by Gasteiger charge is -2.09. The van der Waals surface area contributed by atoms with Crippen LogP contribution in [0.4, 0.5) is 0 Å². The van der Waals surface area contributed by atoms with Gasteiger partial charge in [-0.1, -0.05) is 40.5 Å². The highest BCUT2D eigenvalue weighted by molar-refractivity contribution is 5.32. The Hall–Kier alpha value is -0.990. The summed E-state index contributed by atoms with van der Waals surface area (Å²) in [7, 11) is 0. The first-order valence-electron chi connectivity index (χ1n) is 7.37. The molecule has 0 radical (unpaired) electrons. The van der Waals surface area contributed by atoms with Crippen LogP contribution in [-0.2, 0) is 19.4 Å². The molecular weight excluding hydrogens is 224 g/mol. The molecule has 0 unspecified atom stereocenters. The standard InChI is InChI=1S/C15H28N2O/c1-5-7-9-13-15(18)14(10-8-6-2)17(16-13)11-12(3)4/h12,18H,5-11H2,1-4H3. The molecule has 18 heavy (non-hydrogen) atoms. The molecule has 1 rings (SSSR count). The molecule has 0 aliphatic rings. The summed E-state index contributed by atoms with van der Waals surface area (Å²) in [6, 6.07) is 0. The zero-order valence-corrected chi connectivity index (χ0v) is 12.4. The van der Waals surface area contributed by atoms with Crippen LogP contribution in [0.25, 0.3) is 0 Å². The maximum atomic E-state index is 10.3. The van der Waals surface area contributed by atoms with Gasteiger partial charge in [-0.2, -0.15) is 5.10 Å². The fourth-order valence-electron chi connectivity index (χ4n) is 2.14. The van der Waals surface area contributed by atoms with Crippen LogP contribution in [0.3, 0.4) is 0 Å². The van der Waals surface area contributed by atoms with Crippen LogP contribution in [-0.4, -0.2) is 14.9 Å². The van der Waals surface area contributed by atoms with Crippen molar-refractivity contribution in [1.29, 1.82) is 0 Å². The van der Waals surface area contributed by atoms with Crippen molar-refractivity contribution in [3.8, 4) is 5.75 Å². The third-order valence-corrected chi connectivity index (χ3v) is 3.17. The van der Waals surface area contributed by atoms with Crippen LogP contribution in [0, 0.1) is 5.92 Å². The fraction of sp³-hybridized carbons (Fsp3) is 0.800. The number of aromatic hydroxyl groups is 1. The van der Waals surface area contributed by atoms with E-state index in [-0.39, 0.29) is 0 Å². The van der Waals surface area contributed by atoms with Gasteiger partial charge >= 0.3 is 0 Å². The first-order chi connectivity index (χ1) is 8.60. The van der Waals surface area contributed by atoms with Crippen molar-refractivity contribution in [1.82, 2.24) is 9.78 Å². The molecule has 1 aromatic heterocycles. The molecule has 0 saturated carbocycles. The SMILES string of the molecule is CCCCc1nn(CC(C)C)c(CCCC)c1O. The van der Waals surface area contributed by atoms with Gasteiger partial charge in [0.2, 0.25) is 0 Å². The van der Waals surface area contributed by atoms with Gasteiger partial charge in [-0.25, -0.2) is 0 Å². The molecule has 0 spiro atoms. The zero-order chi connectivity index (χ0) is 13.5. The smallest absolute Gasteiger partial charge is 0.160 e. The lowest BCUT2D eigenvalue weighted by Crippen LogP contribution is -2.10. The van der Waals surface area contributed by atoms with Gasteiger partial charge in [-0.15, -0.1) is 0 Å². The molecule has 1 aromatic rings. The van der Waals surface area contributed by atoms with Crippen molar-refractivity contribution in [2.24, 2.45) is 5.92 Å². The van der Waals surface area contributed by atoms with E-state index >= 15 is 0 Å². The second kappa shape index (κ2) is 7.45. The Balaban J connectivity index is 2.90. The molecule has 0 aliphatic heterocycles. The number of hydrogen-bond donors (Lipinski definition) is 1. The third kappa shape index (κ3) is 4.04. The quantitative estimate of drug-likeness (QED) is 0.761. The minimum atomic E-state index is 0.456. The molecule has 3 heteroatoms. The monoisotopic (exact) mass is 252 g/mol. The van der Waals surface area contributed by atoms with Crippen molar-refractivity contribution >= 4 is 0 Å². The summed E-state index contributed by atoms with van der Waals surface area (Å²) in [5.74, 6) is 1.02. The van der Waals surface area contributed by atoms with E-state index in [0.29, 0.717) is 11.7 Å². The van der Waals surface area contributed by atoms with Crippen LogP contribution in [0.2, 0.25) is 0 Å². The molecule has 1 N–H and O–H groups in total. The molecule has 0 aliphatic carbocycles. The van der Waals surface area contributed by atoms with Gasteiger partial charge in [0.05, 0.1) is 5.69 Å². The lowest BCUT2D eigenvalue weighted by molar-refractivity contribution is 0.441. The Bertz CT molecular complexity index is 356. The van der Waals surface area contributed by atoms with Crippen LogP contribution >= 0.6 is 0 Å². The summed E-state index contributed by atoms with van der Waals surface area (Å²) < 4.78 is 2.03. The van der Waals surface area contributed by atoms with E-state index in [0.717, 1.165) is 56.5 Å². The summed E-state index contributed by atoms with van der Waals surface area (Å²) in [4.78, 5) is 0. The van der Waals surface area contributed by atoms with Gasteiger partial charge in [0.25, 0.3) is 0 Å². The molecule has 1 heterocycles. The molecular formula is C15H28N2O. The highest BCUT2D eigenvalue weighted by Gasteiger charge is 2.16. The Labute approximate surface area is 111 Å². The van der Waals surface area contributed by atoms with Gasteiger partial charge in [-0.05, 0) is 31.6 Å². The summed E-state index contributed by atoms with van der Waals surface area (Å²) >= 11 is 0. The number of aromatic nitrogens is 2. The Morgan fingerprint density at radius 3 is 2.28 bits per heavy atom. The molecule has 0 atom stereocenters. The van der Waals surface area contributed by atoms with Crippen molar-refractivity contribution in [3.05, 3.63) is 11.4 Å². The fourth-order valence-corrected chi connectivity index (χ4v) is 2.14. The van der Waals surface area contributed by atoms with Crippen LogP contribution in [0.1, 0.15) is 64.8 Å². The summed E-state index contributed by atoms with van der Waals surface area (Å²) in [6.07, 6.45) is 6.34. The van der Waals surface area contributed by atoms with Gasteiger partial charge in [0.15, 0.2) is 5.75 Å². The maximum absolute atomic E-state index is 10.3. The maximum Gasteiger partial charge on any atom is 0.160 e. The van der Waals surface area contributed by atoms with E-state index in [2.05, 4.69) is 32.8 Å². The molecule has 3 nitrogen and oxygen atoms in total. The summed E-state index contributed by atoms with van der Waals surface area (Å²) in [6.45, 7) is 9.62. The highest BCUT2D eigenvalue weighted by Crippen LogP contribution is 2.26. The predicted octanol–water partition coefficient (Wildman–Crippen LogP) is 3.93. The lowest BCUT2D eigenvalue weighted by atomic mass is 10.1. The van der Waals surface area contributed by atoms with Gasteiger partial charge in [0.1, 0.15) is 5.69 Å². The number of aryl methyl sites for hydroxylation is 1. The van der Waals surface area contributed by atoms with Crippen LogP contribution in [0.15, 0.2) is 0 Å². The van der Waals surface area contributed by atoms with Gasteiger partial charge < -0.3 is 5.11 Å². The van der Waals surface area contributed by atoms with Crippen molar-refractivity contribution in [2.45, 2.75) is 72.8 Å². The molecule has 0 amide bonds. The minimum Gasteiger partial charge on any atom is -0.504 e. The van der Waals surface area contributed by atoms with Gasteiger partial charge in [0, 0.05) is 6.54 Å². The van der Waals surface area contributed by atoms with E-state index in [1.807, 2.05) is 4.68 Å².